The Morgan fingerprint density at radius 1 is 1.22 bits per heavy atom. The number of nitrogens with zero attached hydrogens (tertiary/aromatic N) is 5. The van der Waals surface area contributed by atoms with Crippen molar-refractivity contribution < 1.29 is 12.8 Å². The number of sulfone groups is 1. The van der Waals surface area contributed by atoms with E-state index >= 15 is 0 Å². The van der Waals surface area contributed by atoms with Gasteiger partial charge in [-0.05, 0) is 31.2 Å². The van der Waals surface area contributed by atoms with Gasteiger partial charge in [-0.2, -0.15) is 5.26 Å². The molecule has 2 aromatic heterocycles. The first-order valence-electron chi connectivity index (χ1n) is 9.45. The minimum absolute atomic E-state index is 0.0233. The molecular weight excluding hydrogens is 433 g/mol. The highest BCUT2D eigenvalue weighted by Gasteiger charge is 2.24. The molecule has 0 saturated heterocycles. The molecule has 0 saturated carbocycles. The fourth-order valence-electron chi connectivity index (χ4n) is 3.45. The van der Waals surface area contributed by atoms with Gasteiger partial charge in [0.25, 0.3) is 0 Å². The molecule has 0 fully saturated rings. The second-order valence-electron chi connectivity index (χ2n) is 7.14. The van der Waals surface area contributed by atoms with Gasteiger partial charge in [0.1, 0.15) is 41.2 Å². The monoisotopic (exact) mass is 451 g/mol. The summed E-state index contributed by atoms with van der Waals surface area (Å²) in [7, 11) is -3.60. The van der Waals surface area contributed by atoms with E-state index in [1.165, 1.54) is 30.6 Å². The molecular formula is C21H18FN7O2S. The van der Waals surface area contributed by atoms with E-state index in [0.29, 0.717) is 22.5 Å². The molecule has 9 nitrogen and oxygen atoms in total. The number of nitrogens with one attached hydrogen (secondary N) is 1. The van der Waals surface area contributed by atoms with Crippen molar-refractivity contribution in [1.82, 2.24) is 19.5 Å². The van der Waals surface area contributed by atoms with Crippen molar-refractivity contribution in [3.8, 4) is 11.8 Å². The number of halogens is 1. The average Bonchev–Trinajstić information content (AvgIpc) is 3.12. The topological polar surface area (TPSA) is 140 Å². The molecule has 2 heterocycles. The summed E-state index contributed by atoms with van der Waals surface area (Å²) in [6.07, 6.45) is 2.33. The summed E-state index contributed by atoms with van der Waals surface area (Å²) in [5, 5.41) is 12.5. The van der Waals surface area contributed by atoms with Gasteiger partial charge < -0.3 is 11.1 Å². The lowest BCUT2D eigenvalue weighted by molar-refractivity contribution is 0.601. The number of para-hydroxylation sites is 1. The minimum Gasteiger partial charge on any atom is -0.382 e. The molecule has 1 atom stereocenters. The Labute approximate surface area is 183 Å². The summed E-state index contributed by atoms with van der Waals surface area (Å²) >= 11 is 0. The third kappa shape index (κ3) is 3.72. The molecule has 11 heteroatoms. The quantitative estimate of drug-likeness (QED) is 0.472. The molecule has 0 bridgehead atoms. The third-order valence-electron chi connectivity index (χ3n) is 4.88. The number of benzene rings is 2. The lowest BCUT2D eigenvalue weighted by atomic mass is 10.2. The highest BCUT2D eigenvalue weighted by molar-refractivity contribution is 7.90. The Hall–Kier alpha value is -4.04. The number of anilines is 2. The van der Waals surface area contributed by atoms with E-state index in [1.54, 1.807) is 29.7 Å². The first-order valence-corrected chi connectivity index (χ1v) is 11.3. The van der Waals surface area contributed by atoms with Crippen LogP contribution in [0, 0.1) is 17.1 Å². The van der Waals surface area contributed by atoms with E-state index in [2.05, 4.69) is 20.3 Å². The average molecular weight is 451 g/mol. The van der Waals surface area contributed by atoms with Crippen LogP contribution in [0.3, 0.4) is 0 Å². The lowest BCUT2D eigenvalue weighted by Crippen LogP contribution is -2.16. The van der Waals surface area contributed by atoms with Crippen LogP contribution in [0.1, 0.15) is 24.4 Å². The molecule has 2 aromatic carbocycles. The van der Waals surface area contributed by atoms with Crippen molar-refractivity contribution in [2.45, 2.75) is 17.9 Å². The Balaban J connectivity index is 1.95. The molecule has 32 heavy (non-hydrogen) atoms. The first kappa shape index (κ1) is 21.2. The van der Waals surface area contributed by atoms with Gasteiger partial charge >= 0.3 is 0 Å². The number of hydrogen-bond donors (Lipinski definition) is 2. The zero-order valence-corrected chi connectivity index (χ0v) is 17.9. The van der Waals surface area contributed by atoms with Crippen LogP contribution in [0.2, 0.25) is 0 Å². The van der Waals surface area contributed by atoms with Crippen molar-refractivity contribution in [3.05, 3.63) is 66.0 Å². The molecule has 3 N–H and O–H groups in total. The van der Waals surface area contributed by atoms with Crippen molar-refractivity contribution in [2.24, 2.45) is 0 Å². The number of rotatable bonds is 5. The molecule has 0 amide bonds. The summed E-state index contributed by atoms with van der Waals surface area (Å²) in [6.45, 7) is 1.76. The number of nitrogens with two attached hydrogens (primary N) is 1. The van der Waals surface area contributed by atoms with E-state index in [4.69, 9.17) is 5.73 Å². The van der Waals surface area contributed by atoms with Crippen LogP contribution in [-0.2, 0) is 9.84 Å². The zero-order chi connectivity index (χ0) is 23.0. The van der Waals surface area contributed by atoms with Gasteiger partial charge in [0.05, 0.1) is 27.7 Å². The SMILES string of the molecule is C[C@@H](Nc1ncnc(N)c1C#N)c1nc2ccc(F)cc2n1-c1ccccc1S(C)(=O)=O. The van der Waals surface area contributed by atoms with Gasteiger partial charge in [-0.25, -0.2) is 27.8 Å². The van der Waals surface area contributed by atoms with Crippen LogP contribution in [0.5, 0.6) is 0 Å². The Morgan fingerprint density at radius 3 is 2.69 bits per heavy atom. The highest BCUT2D eigenvalue weighted by atomic mass is 32.2. The number of fused-ring (bicyclic) bond motifs is 1. The molecule has 0 radical (unpaired) electrons. The van der Waals surface area contributed by atoms with Crippen LogP contribution < -0.4 is 11.1 Å². The van der Waals surface area contributed by atoms with Gasteiger partial charge in [-0.1, -0.05) is 12.1 Å². The number of imidazole rings is 1. The van der Waals surface area contributed by atoms with Crippen LogP contribution in [0.4, 0.5) is 16.0 Å². The molecule has 4 aromatic rings. The molecule has 0 spiro atoms. The van der Waals surface area contributed by atoms with Gasteiger partial charge in [0.15, 0.2) is 9.84 Å². The van der Waals surface area contributed by atoms with Crippen LogP contribution in [-0.4, -0.2) is 34.2 Å². The van der Waals surface area contributed by atoms with Crippen LogP contribution >= 0.6 is 0 Å². The molecule has 0 aliphatic rings. The largest absolute Gasteiger partial charge is 0.382 e. The van der Waals surface area contributed by atoms with Crippen LogP contribution in [0.25, 0.3) is 16.7 Å². The zero-order valence-electron chi connectivity index (χ0n) is 17.1. The van der Waals surface area contributed by atoms with Crippen LogP contribution in [0.15, 0.2) is 53.7 Å². The van der Waals surface area contributed by atoms with E-state index in [9.17, 15) is 18.1 Å². The first-order chi connectivity index (χ1) is 15.2. The minimum atomic E-state index is -3.60. The summed E-state index contributed by atoms with van der Waals surface area (Å²) in [4.78, 5) is 12.6. The van der Waals surface area contributed by atoms with Gasteiger partial charge in [0, 0.05) is 12.3 Å². The molecule has 4 rings (SSSR count). The molecule has 162 valence electrons. The molecule has 0 aliphatic heterocycles. The van der Waals surface area contributed by atoms with E-state index in [1.807, 2.05) is 6.07 Å². The van der Waals surface area contributed by atoms with E-state index in [-0.39, 0.29) is 22.1 Å². The highest BCUT2D eigenvalue weighted by Crippen LogP contribution is 2.31. The van der Waals surface area contributed by atoms with Gasteiger partial charge in [-0.3, -0.25) is 4.57 Å². The molecule has 0 aliphatic carbocycles. The Kier molecular flexibility index (Phi) is 5.23. The second-order valence-corrected chi connectivity index (χ2v) is 9.12. The summed E-state index contributed by atoms with van der Waals surface area (Å²) in [5.41, 5.74) is 7.04. The Bertz CT molecular complexity index is 1490. The maximum atomic E-state index is 14.1. The van der Waals surface area contributed by atoms with Crippen molar-refractivity contribution in [3.63, 3.8) is 0 Å². The van der Waals surface area contributed by atoms with Crippen molar-refractivity contribution in [1.29, 1.82) is 5.26 Å². The van der Waals surface area contributed by atoms with E-state index in [0.717, 1.165) is 6.26 Å². The number of aromatic nitrogens is 4. The predicted octanol–water partition coefficient (Wildman–Crippen LogP) is 2.99. The fourth-order valence-corrected chi connectivity index (χ4v) is 4.32. The number of nitriles is 1. The number of nitrogen functional groups attached to an aromatic ring is 1. The summed E-state index contributed by atoms with van der Waals surface area (Å²) in [5.74, 6) is 0.129. The van der Waals surface area contributed by atoms with E-state index < -0.39 is 21.7 Å². The standard InChI is InChI=1S/C21H18FN7O2S/c1-12(27-20-14(10-23)19(24)25-11-26-20)21-28-15-8-7-13(22)9-17(15)29(21)16-5-3-4-6-18(16)32(2,30)31/h3-9,11-12H,1-2H3,(H3,24,25,26,27)/t12-/m1/s1. The second kappa shape index (κ2) is 7.90. The number of hydrogen-bond acceptors (Lipinski definition) is 8. The summed E-state index contributed by atoms with van der Waals surface area (Å²) in [6, 6.07) is 11.9. The maximum Gasteiger partial charge on any atom is 0.177 e. The Morgan fingerprint density at radius 2 is 1.97 bits per heavy atom. The maximum absolute atomic E-state index is 14.1. The van der Waals surface area contributed by atoms with Crippen molar-refractivity contribution >= 4 is 32.5 Å². The smallest absolute Gasteiger partial charge is 0.177 e. The lowest BCUT2D eigenvalue weighted by Gasteiger charge is -2.19. The summed E-state index contributed by atoms with van der Waals surface area (Å²) < 4.78 is 40.6. The van der Waals surface area contributed by atoms with Crippen molar-refractivity contribution in [2.75, 3.05) is 17.3 Å². The third-order valence-corrected chi connectivity index (χ3v) is 6.02. The molecule has 0 unspecified atom stereocenters. The van der Waals surface area contributed by atoms with Gasteiger partial charge in [0.2, 0.25) is 0 Å². The normalized spacial score (nSPS) is 12.4. The predicted molar refractivity (Wildman–Crippen MR) is 117 cm³/mol. The fraction of sp³-hybridized carbons (Fsp3) is 0.143. The van der Waals surface area contributed by atoms with Gasteiger partial charge in [-0.15, -0.1) is 0 Å².